The molecule has 0 aromatic rings. The monoisotopic (exact) mass is 693 g/mol. The lowest BCUT2D eigenvalue weighted by Gasteiger charge is -2.15. The van der Waals surface area contributed by atoms with Crippen LogP contribution in [0.15, 0.2) is 97.2 Å². The van der Waals surface area contributed by atoms with Crippen molar-refractivity contribution in [1.29, 1.82) is 0 Å². The Morgan fingerprint density at radius 1 is 0.460 bits per heavy atom. The summed E-state index contributed by atoms with van der Waals surface area (Å²) in [6.45, 7) is 3.82. The predicted octanol–water partition coefficient (Wildman–Crippen LogP) is 12.5. The van der Waals surface area contributed by atoms with Crippen molar-refractivity contribution in [1.82, 2.24) is 0 Å². The Labute approximate surface area is 307 Å². The van der Waals surface area contributed by atoms with Gasteiger partial charge in [-0.25, -0.2) is 0 Å². The third-order valence-electron chi connectivity index (χ3n) is 7.89. The number of carbonyl (C=O) groups excluding carboxylic acids is 2. The van der Waals surface area contributed by atoms with Crippen molar-refractivity contribution in [2.24, 2.45) is 0 Å². The number of hydrogen-bond donors (Lipinski definition) is 1. The maximum atomic E-state index is 12.2. The molecule has 5 heteroatoms. The second-order valence-electron chi connectivity index (χ2n) is 12.6. The lowest BCUT2D eigenvalue weighted by Crippen LogP contribution is -2.28. The van der Waals surface area contributed by atoms with Gasteiger partial charge in [0.15, 0.2) is 6.10 Å². The average Bonchev–Trinajstić information content (AvgIpc) is 3.12. The van der Waals surface area contributed by atoms with Crippen LogP contribution >= 0.6 is 0 Å². The molecule has 1 unspecified atom stereocenters. The van der Waals surface area contributed by atoms with Crippen LogP contribution in [-0.2, 0) is 19.1 Å². The topological polar surface area (TPSA) is 72.8 Å². The Morgan fingerprint density at radius 3 is 1.28 bits per heavy atom. The first-order chi connectivity index (χ1) is 24.6. The molecule has 0 radical (unpaired) electrons. The number of hydrogen-bond acceptors (Lipinski definition) is 5. The van der Waals surface area contributed by atoms with E-state index in [1.807, 2.05) is 12.2 Å². The van der Waals surface area contributed by atoms with Crippen LogP contribution in [0, 0.1) is 0 Å². The zero-order valence-electron chi connectivity index (χ0n) is 31.9. The largest absolute Gasteiger partial charge is 0.462 e. The van der Waals surface area contributed by atoms with E-state index in [1.165, 1.54) is 51.4 Å². The van der Waals surface area contributed by atoms with Crippen LogP contribution in [0.5, 0.6) is 0 Å². The third-order valence-corrected chi connectivity index (χ3v) is 7.89. The average molecular weight is 693 g/mol. The lowest BCUT2D eigenvalue weighted by molar-refractivity contribution is -0.161. The lowest BCUT2D eigenvalue weighted by atomic mass is 10.0. The van der Waals surface area contributed by atoms with Crippen molar-refractivity contribution < 1.29 is 24.2 Å². The van der Waals surface area contributed by atoms with Gasteiger partial charge < -0.3 is 14.6 Å². The van der Waals surface area contributed by atoms with E-state index < -0.39 is 6.10 Å². The van der Waals surface area contributed by atoms with Crippen molar-refractivity contribution in [2.45, 2.75) is 161 Å². The van der Waals surface area contributed by atoms with E-state index in [4.69, 9.17) is 9.47 Å². The Balaban J connectivity index is 3.64. The first-order valence-electron chi connectivity index (χ1n) is 19.8. The summed E-state index contributed by atoms with van der Waals surface area (Å²) in [5.74, 6) is -0.700. The number of rotatable bonds is 34. The second-order valence-corrected chi connectivity index (χ2v) is 12.6. The van der Waals surface area contributed by atoms with E-state index in [9.17, 15) is 14.7 Å². The molecule has 0 aromatic carbocycles. The van der Waals surface area contributed by atoms with Gasteiger partial charge in [-0.15, -0.1) is 0 Å². The highest BCUT2D eigenvalue weighted by Gasteiger charge is 2.15. The summed E-state index contributed by atoms with van der Waals surface area (Å²) < 4.78 is 10.5. The minimum Gasteiger partial charge on any atom is -0.462 e. The first-order valence-corrected chi connectivity index (χ1v) is 19.8. The predicted molar refractivity (Wildman–Crippen MR) is 214 cm³/mol. The Kier molecular flexibility index (Phi) is 37.7. The number of unbranched alkanes of at least 4 members (excludes halogenated alkanes) is 10. The van der Waals surface area contributed by atoms with Crippen LogP contribution < -0.4 is 0 Å². The van der Waals surface area contributed by atoms with Crippen LogP contribution in [0.1, 0.15) is 155 Å². The molecular weight excluding hydrogens is 620 g/mol. The van der Waals surface area contributed by atoms with Gasteiger partial charge in [-0.3, -0.25) is 9.59 Å². The molecule has 0 bridgehead atoms. The summed E-state index contributed by atoms with van der Waals surface area (Å²) in [6, 6.07) is 0. The van der Waals surface area contributed by atoms with E-state index in [1.54, 1.807) is 0 Å². The zero-order valence-corrected chi connectivity index (χ0v) is 31.9. The molecule has 0 aliphatic carbocycles. The van der Waals surface area contributed by atoms with E-state index in [0.717, 1.165) is 70.6 Å². The van der Waals surface area contributed by atoms with Gasteiger partial charge in [0.1, 0.15) is 6.61 Å². The Morgan fingerprint density at radius 2 is 0.840 bits per heavy atom. The molecule has 0 heterocycles. The molecule has 0 aromatic heterocycles. The Hall–Kier alpha value is -3.18. The number of aliphatic hydroxyl groups excluding tert-OH is 1. The third kappa shape index (κ3) is 37.6. The zero-order chi connectivity index (χ0) is 36.4. The van der Waals surface area contributed by atoms with E-state index in [-0.39, 0.29) is 31.6 Å². The Bertz CT molecular complexity index is 1010. The molecule has 0 amide bonds. The quantitative estimate of drug-likeness (QED) is 0.0413. The fourth-order valence-corrected chi connectivity index (χ4v) is 4.97. The molecule has 0 spiro atoms. The van der Waals surface area contributed by atoms with Crippen LogP contribution in [-0.4, -0.2) is 36.4 Å². The van der Waals surface area contributed by atoms with Crippen molar-refractivity contribution in [2.75, 3.05) is 13.2 Å². The van der Waals surface area contributed by atoms with Gasteiger partial charge in [0.2, 0.25) is 0 Å². The van der Waals surface area contributed by atoms with Crippen molar-refractivity contribution in [3.8, 4) is 0 Å². The van der Waals surface area contributed by atoms with Crippen molar-refractivity contribution >= 4 is 11.9 Å². The summed E-state index contributed by atoms with van der Waals surface area (Å²) in [5.41, 5.74) is 0. The normalized spacial score (nSPS) is 13.3. The molecule has 282 valence electrons. The standard InChI is InChI=1S/C45H72O5/c1-3-5-7-9-11-13-15-17-18-19-20-21-22-23-24-25-26-28-30-32-34-36-38-40-45(48)50-43(41-46)42-49-44(47)39-37-35-33-31-29-27-16-14-12-10-8-6-4-2/h5-8,11-14,17-18,20-21,27,29,33,35,43,46H,3-4,9-10,15-16,19,22-26,28,30-32,34,36-42H2,1-2H3/b7-5-,8-6-,13-11-,14-12-,18-17-,21-20-,29-27-,35-33-. The smallest absolute Gasteiger partial charge is 0.306 e. The fraction of sp³-hybridized carbons (Fsp3) is 0.600. The SMILES string of the molecule is CC/C=C\C/C=C\C/C=C\C/C=C\CCCCCCCCCCCCC(=O)OC(CO)COC(=O)CC/C=C\C/C=C\C/C=C\C/C=C\CC. The molecule has 50 heavy (non-hydrogen) atoms. The van der Waals surface area contributed by atoms with Gasteiger partial charge in [0.05, 0.1) is 6.61 Å². The van der Waals surface area contributed by atoms with Crippen LogP contribution in [0.25, 0.3) is 0 Å². The molecule has 0 fully saturated rings. The highest BCUT2D eigenvalue weighted by atomic mass is 16.6. The summed E-state index contributed by atoms with van der Waals surface area (Å²) >= 11 is 0. The summed E-state index contributed by atoms with van der Waals surface area (Å²) in [4.78, 5) is 24.2. The van der Waals surface area contributed by atoms with Gasteiger partial charge in [0.25, 0.3) is 0 Å². The van der Waals surface area contributed by atoms with E-state index >= 15 is 0 Å². The van der Waals surface area contributed by atoms with Gasteiger partial charge in [-0.05, 0) is 77.0 Å². The number of esters is 2. The minimum atomic E-state index is -0.808. The number of allylic oxidation sites excluding steroid dienone is 16. The van der Waals surface area contributed by atoms with Crippen LogP contribution in [0.3, 0.4) is 0 Å². The first kappa shape index (κ1) is 46.8. The highest BCUT2D eigenvalue weighted by Crippen LogP contribution is 2.13. The maximum Gasteiger partial charge on any atom is 0.306 e. The summed E-state index contributed by atoms with van der Waals surface area (Å²) in [7, 11) is 0. The maximum absolute atomic E-state index is 12.2. The van der Waals surface area contributed by atoms with Crippen LogP contribution in [0.2, 0.25) is 0 Å². The molecule has 5 nitrogen and oxygen atoms in total. The molecule has 0 saturated carbocycles. The number of carbonyl (C=O) groups is 2. The van der Waals surface area contributed by atoms with Gasteiger partial charge in [-0.1, -0.05) is 162 Å². The van der Waals surface area contributed by atoms with Gasteiger partial charge >= 0.3 is 11.9 Å². The van der Waals surface area contributed by atoms with Crippen LogP contribution in [0.4, 0.5) is 0 Å². The minimum absolute atomic E-state index is 0.111. The van der Waals surface area contributed by atoms with Crippen molar-refractivity contribution in [3.63, 3.8) is 0 Å². The van der Waals surface area contributed by atoms with Gasteiger partial charge in [0, 0.05) is 12.8 Å². The van der Waals surface area contributed by atoms with Gasteiger partial charge in [-0.2, -0.15) is 0 Å². The second kappa shape index (κ2) is 40.3. The molecule has 0 saturated heterocycles. The highest BCUT2D eigenvalue weighted by molar-refractivity contribution is 5.70. The number of ether oxygens (including phenoxy) is 2. The molecule has 0 aliphatic heterocycles. The summed E-state index contributed by atoms with van der Waals surface area (Å²) in [5, 5.41) is 9.54. The number of aliphatic hydroxyl groups is 1. The van der Waals surface area contributed by atoms with Crippen molar-refractivity contribution in [3.05, 3.63) is 97.2 Å². The fourth-order valence-electron chi connectivity index (χ4n) is 4.97. The molecule has 0 rings (SSSR count). The molecule has 1 atom stereocenters. The molecular formula is C45H72O5. The molecule has 1 N–H and O–H groups in total. The molecule has 0 aliphatic rings. The van der Waals surface area contributed by atoms with E-state index in [2.05, 4.69) is 98.9 Å². The van der Waals surface area contributed by atoms with E-state index in [0.29, 0.717) is 12.8 Å². The summed E-state index contributed by atoms with van der Waals surface area (Å²) in [6.07, 6.45) is 56.3.